The summed E-state index contributed by atoms with van der Waals surface area (Å²) < 4.78 is 1.81. The summed E-state index contributed by atoms with van der Waals surface area (Å²) in [5.41, 5.74) is 7.07. The van der Waals surface area contributed by atoms with E-state index in [4.69, 9.17) is 5.73 Å². The highest BCUT2D eigenvalue weighted by Crippen LogP contribution is 2.13. The molecule has 3 N–H and O–H groups in total. The first-order valence-electron chi connectivity index (χ1n) is 4.16. The molecule has 4 nitrogen and oxygen atoms in total. The Balaban J connectivity index is 2.03. The topological polar surface area (TPSA) is 55.9 Å². The van der Waals surface area contributed by atoms with E-state index in [2.05, 4.69) is 10.4 Å². The number of aromatic nitrogens is 2. The average Bonchev–Trinajstić information content (AvgIpc) is 2.32. The molecule has 1 saturated heterocycles. The van der Waals surface area contributed by atoms with E-state index in [1.54, 1.807) is 0 Å². The van der Waals surface area contributed by atoms with Crippen LogP contribution in [0.15, 0.2) is 12.3 Å². The van der Waals surface area contributed by atoms with Crippen LogP contribution in [0.2, 0.25) is 0 Å². The summed E-state index contributed by atoms with van der Waals surface area (Å²) in [6, 6.07) is 2.02. The van der Waals surface area contributed by atoms with Crippen molar-refractivity contribution < 1.29 is 0 Å². The fraction of sp³-hybridized carbons (Fsp3) is 0.625. The van der Waals surface area contributed by atoms with Gasteiger partial charge in [0, 0.05) is 38.3 Å². The molecule has 0 aliphatic carbocycles. The lowest BCUT2D eigenvalue weighted by molar-refractivity contribution is 0.276. The van der Waals surface area contributed by atoms with Crippen LogP contribution in [-0.2, 0) is 13.5 Å². The SMILES string of the molecule is Cn1ccc(CC2(N)CNC2)n1. The van der Waals surface area contributed by atoms with Gasteiger partial charge in [-0.2, -0.15) is 5.10 Å². The third-order valence-corrected chi connectivity index (χ3v) is 2.26. The van der Waals surface area contributed by atoms with E-state index >= 15 is 0 Å². The predicted molar refractivity (Wildman–Crippen MR) is 46.7 cm³/mol. The van der Waals surface area contributed by atoms with E-state index in [0.717, 1.165) is 25.2 Å². The third kappa shape index (κ3) is 1.35. The van der Waals surface area contributed by atoms with Gasteiger partial charge in [-0.3, -0.25) is 4.68 Å². The van der Waals surface area contributed by atoms with Crippen molar-refractivity contribution in [3.05, 3.63) is 18.0 Å². The number of aryl methyl sites for hydroxylation is 1. The number of nitrogens with two attached hydrogens (primary N) is 1. The molecule has 0 unspecified atom stereocenters. The van der Waals surface area contributed by atoms with E-state index in [9.17, 15) is 0 Å². The predicted octanol–water partition coefficient (Wildman–Crippen LogP) is -0.737. The summed E-state index contributed by atoms with van der Waals surface area (Å²) in [5.74, 6) is 0. The Kier molecular flexibility index (Phi) is 1.66. The van der Waals surface area contributed by atoms with Crippen LogP contribution in [0.3, 0.4) is 0 Å². The van der Waals surface area contributed by atoms with E-state index < -0.39 is 0 Å². The molecule has 2 rings (SSSR count). The van der Waals surface area contributed by atoms with Crippen molar-refractivity contribution >= 4 is 0 Å². The summed E-state index contributed by atoms with van der Waals surface area (Å²) in [6.45, 7) is 1.81. The molecule has 1 aliphatic rings. The molecule has 12 heavy (non-hydrogen) atoms. The van der Waals surface area contributed by atoms with Gasteiger partial charge in [0.1, 0.15) is 0 Å². The van der Waals surface area contributed by atoms with Crippen LogP contribution >= 0.6 is 0 Å². The zero-order valence-electron chi connectivity index (χ0n) is 7.25. The first-order chi connectivity index (χ1) is 5.68. The molecule has 1 fully saturated rings. The number of nitrogens with one attached hydrogen (secondary N) is 1. The molecule has 2 heterocycles. The van der Waals surface area contributed by atoms with Crippen LogP contribution in [0.5, 0.6) is 0 Å². The van der Waals surface area contributed by atoms with Gasteiger partial charge < -0.3 is 11.1 Å². The molecular weight excluding hydrogens is 152 g/mol. The van der Waals surface area contributed by atoms with Crippen LogP contribution in [0.1, 0.15) is 5.69 Å². The molecule has 0 atom stereocenters. The van der Waals surface area contributed by atoms with E-state index in [-0.39, 0.29) is 5.54 Å². The Morgan fingerprint density at radius 1 is 1.75 bits per heavy atom. The van der Waals surface area contributed by atoms with E-state index in [1.807, 2.05) is 24.0 Å². The Morgan fingerprint density at radius 2 is 2.50 bits per heavy atom. The summed E-state index contributed by atoms with van der Waals surface area (Å²) >= 11 is 0. The van der Waals surface area contributed by atoms with Gasteiger partial charge in [0.15, 0.2) is 0 Å². The van der Waals surface area contributed by atoms with Crippen molar-refractivity contribution in [2.24, 2.45) is 12.8 Å². The first-order valence-corrected chi connectivity index (χ1v) is 4.16. The van der Waals surface area contributed by atoms with E-state index in [1.165, 1.54) is 0 Å². The maximum Gasteiger partial charge on any atom is 0.0643 e. The van der Waals surface area contributed by atoms with Gasteiger partial charge in [0.05, 0.1) is 5.69 Å². The highest BCUT2D eigenvalue weighted by molar-refractivity contribution is 5.10. The first kappa shape index (κ1) is 7.76. The molecule has 66 valence electrons. The van der Waals surface area contributed by atoms with Crippen molar-refractivity contribution in [2.45, 2.75) is 12.0 Å². The summed E-state index contributed by atoms with van der Waals surface area (Å²) in [5, 5.41) is 7.46. The smallest absolute Gasteiger partial charge is 0.0643 e. The van der Waals surface area contributed by atoms with Crippen LogP contribution < -0.4 is 11.1 Å². The standard InChI is InChI=1S/C8H14N4/c1-12-3-2-7(11-12)4-8(9)5-10-6-8/h2-3,10H,4-6,9H2,1H3. The molecule has 1 aliphatic heterocycles. The second-order valence-electron chi connectivity index (χ2n) is 3.62. The van der Waals surface area contributed by atoms with Gasteiger partial charge in [0.2, 0.25) is 0 Å². The van der Waals surface area contributed by atoms with Crippen molar-refractivity contribution in [1.82, 2.24) is 15.1 Å². The normalized spacial score (nSPS) is 20.5. The van der Waals surface area contributed by atoms with Crippen molar-refractivity contribution in [3.8, 4) is 0 Å². The Hall–Kier alpha value is -0.870. The largest absolute Gasteiger partial charge is 0.323 e. The molecule has 4 heteroatoms. The maximum absolute atomic E-state index is 6.03. The number of rotatable bonds is 2. The van der Waals surface area contributed by atoms with Crippen molar-refractivity contribution in [1.29, 1.82) is 0 Å². The van der Waals surface area contributed by atoms with Gasteiger partial charge in [0.25, 0.3) is 0 Å². The molecule has 1 aromatic heterocycles. The molecular formula is C8H14N4. The fourth-order valence-corrected chi connectivity index (χ4v) is 1.49. The average molecular weight is 166 g/mol. The zero-order valence-corrected chi connectivity index (χ0v) is 7.25. The highest BCUT2D eigenvalue weighted by Gasteiger charge is 2.32. The van der Waals surface area contributed by atoms with Gasteiger partial charge in [-0.05, 0) is 6.07 Å². The molecule has 0 spiro atoms. The van der Waals surface area contributed by atoms with Crippen molar-refractivity contribution in [2.75, 3.05) is 13.1 Å². The second-order valence-corrected chi connectivity index (χ2v) is 3.62. The van der Waals surface area contributed by atoms with Crippen LogP contribution in [0.25, 0.3) is 0 Å². The lowest BCUT2D eigenvalue weighted by Crippen LogP contribution is -2.66. The summed E-state index contributed by atoms with van der Waals surface area (Å²) in [6.07, 6.45) is 2.83. The monoisotopic (exact) mass is 166 g/mol. The minimum Gasteiger partial charge on any atom is -0.323 e. The fourth-order valence-electron chi connectivity index (χ4n) is 1.49. The number of nitrogens with zero attached hydrogens (tertiary/aromatic N) is 2. The van der Waals surface area contributed by atoms with Crippen LogP contribution in [0, 0.1) is 0 Å². The molecule has 0 bridgehead atoms. The van der Waals surface area contributed by atoms with Gasteiger partial charge in [-0.15, -0.1) is 0 Å². The minimum atomic E-state index is -0.0473. The Morgan fingerprint density at radius 3 is 2.92 bits per heavy atom. The van der Waals surface area contributed by atoms with Gasteiger partial charge >= 0.3 is 0 Å². The molecule has 0 aromatic carbocycles. The molecule has 0 radical (unpaired) electrons. The Bertz CT molecular complexity index is 274. The maximum atomic E-state index is 6.03. The van der Waals surface area contributed by atoms with Gasteiger partial charge in [-0.25, -0.2) is 0 Å². The zero-order chi connectivity index (χ0) is 8.60. The van der Waals surface area contributed by atoms with Crippen LogP contribution in [0.4, 0.5) is 0 Å². The van der Waals surface area contributed by atoms with Gasteiger partial charge in [-0.1, -0.05) is 0 Å². The minimum absolute atomic E-state index is 0.0473. The molecule has 0 amide bonds. The summed E-state index contributed by atoms with van der Waals surface area (Å²) in [7, 11) is 1.92. The second kappa shape index (κ2) is 2.57. The molecule has 0 saturated carbocycles. The lowest BCUT2D eigenvalue weighted by atomic mass is 9.89. The quantitative estimate of drug-likeness (QED) is 0.608. The lowest BCUT2D eigenvalue weighted by Gasteiger charge is -2.38. The number of hydrogen-bond donors (Lipinski definition) is 2. The number of hydrogen-bond acceptors (Lipinski definition) is 3. The third-order valence-electron chi connectivity index (χ3n) is 2.26. The molecule has 1 aromatic rings. The highest BCUT2D eigenvalue weighted by atomic mass is 15.2. The summed E-state index contributed by atoms with van der Waals surface area (Å²) in [4.78, 5) is 0. The van der Waals surface area contributed by atoms with E-state index in [0.29, 0.717) is 0 Å². The van der Waals surface area contributed by atoms with Crippen molar-refractivity contribution in [3.63, 3.8) is 0 Å². The Labute approximate surface area is 71.7 Å². The van der Waals surface area contributed by atoms with Crippen LogP contribution in [-0.4, -0.2) is 28.4 Å².